The highest BCUT2D eigenvalue weighted by Crippen LogP contribution is 2.06. The van der Waals surface area contributed by atoms with Crippen molar-refractivity contribution in [3.05, 3.63) is 28.3 Å². The molecule has 1 heterocycles. The molecular formula is C7H7ClO3. The molecule has 0 atom stereocenters. The van der Waals surface area contributed by atoms with E-state index < -0.39 is 0 Å². The smallest absolute Gasteiger partial charge is 0.227 e. The van der Waals surface area contributed by atoms with Gasteiger partial charge >= 0.3 is 0 Å². The van der Waals surface area contributed by atoms with Crippen LogP contribution in [0.2, 0.25) is 0 Å². The first-order valence-electron chi connectivity index (χ1n) is 2.99. The molecule has 0 saturated heterocycles. The second-order valence-corrected chi connectivity index (χ2v) is 2.18. The third-order valence-corrected chi connectivity index (χ3v) is 1.47. The molecule has 60 valence electrons. The third-order valence-electron chi connectivity index (χ3n) is 1.20. The van der Waals surface area contributed by atoms with Crippen molar-refractivity contribution in [3.8, 4) is 5.75 Å². The van der Waals surface area contributed by atoms with Crippen molar-refractivity contribution >= 4 is 11.6 Å². The molecule has 0 bridgehead atoms. The first kappa shape index (κ1) is 8.14. The van der Waals surface area contributed by atoms with E-state index in [0.717, 1.165) is 0 Å². The number of alkyl halides is 1. The summed E-state index contributed by atoms with van der Waals surface area (Å²) in [5, 5.41) is 0. The molecule has 0 aliphatic carbocycles. The molecule has 0 amide bonds. The summed E-state index contributed by atoms with van der Waals surface area (Å²) in [6.07, 6.45) is 1.25. The van der Waals surface area contributed by atoms with Gasteiger partial charge < -0.3 is 9.15 Å². The highest BCUT2D eigenvalue weighted by molar-refractivity contribution is 6.16. The number of ether oxygens (including phenoxy) is 1. The lowest BCUT2D eigenvalue weighted by atomic mass is 10.4. The molecule has 0 aliphatic rings. The monoisotopic (exact) mass is 174 g/mol. The van der Waals surface area contributed by atoms with Gasteiger partial charge in [0.1, 0.15) is 12.0 Å². The van der Waals surface area contributed by atoms with Gasteiger partial charge in [0.05, 0.1) is 13.0 Å². The van der Waals surface area contributed by atoms with Crippen LogP contribution in [0.5, 0.6) is 5.75 Å². The summed E-state index contributed by atoms with van der Waals surface area (Å²) in [7, 11) is 1.41. The van der Waals surface area contributed by atoms with Gasteiger partial charge in [0.25, 0.3) is 0 Å². The zero-order valence-corrected chi connectivity index (χ0v) is 6.72. The number of hydrogen-bond acceptors (Lipinski definition) is 3. The predicted octanol–water partition coefficient (Wildman–Crippen LogP) is 1.39. The average Bonchev–Trinajstić information content (AvgIpc) is 2.04. The van der Waals surface area contributed by atoms with Crippen molar-refractivity contribution in [2.75, 3.05) is 7.11 Å². The Bertz CT molecular complexity index is 292. The summed E-state index contributed by atoms with van der Waals surface area (Å²) in [5.41, 5.74) is -0.214. The van der Waals surface area contributed by atoms with Crippen LogP contribution in [0, 0.1) is 0 Å². The molecule has 0 fully saturated rings. The Balaban J connectivity index is 3.10. The van der Waals surface area contributed by atoms with Gasteiger partial charge in [-0.3, -0.25) is 4.79 Å². The number of halogens is 1. The highest BCUT2D eigenvalue weighted by atomic mass is 35.5. The van der Waals surface area contributed by atoms with E-state index in [2.05, 4.69) is 0 Å². The van der Waals surface area contributed by atoms with Crippen LogP contribution in [0.3, 0.4) is 0 Å². The molecule has 0 unspecified atom stereocenters. The van der Waals surface area contributed by atoms with Crippen LogP contribution in [0.4, 0.5) is 0 Å². The van der Waals surface area contributed by atoms with Crippen LogP contribution in [0.1, 0.15) is 5.76 Å². The van der Waals surface area contributed by atoms with Gasteiger partial charge in [-0.1, -0.05) is 0 Å². The number of rotatable bonds is 2. The molecule has 0 saturated carbocycles. The lowest BCUT2D eigenvalue weighted by molar-refractivity contribution is 0.381. The predicted molar refractivity (Wildman–Crippen MR) is 41.1 cm³/mol. The van der Waals surface area contributed by atoms with E-state index >= 15 is 0 Å². The third kappa shape index (κ3) is 1.74. The van der Waals surface area contributed by atoms with E-state index in [1.54, 1.807) is 0 Å². The van der Waals surface area contributed by atoms with Gasteiger partial charge in [-0.2, -0.15) is 0 Å². The molecule has 0 N–H and O–H groups in total. The molecule has 1 aromatic heterocycles. The van der Waals surface area contributed by atoms with E-state index in [1.165, 1.54) is 19.4 Å². The van der Waals surface area contributed by atoms with Crippen molar-refractivity contribution in [2.45, 2.75) is 5.88 Å². The Labute approximate surface area is 68.5 Å². The SMILES string of the molecule is COc1coc(CCl)cc1=O. The fraction of sp³-hybridized carbons (Fsp3) is 0.286. The van der Waals surface area contributed by atoms with Crippen LogP contribution < -0.4 is 10.2 Å². The maximum absolute atomic E-state index is 11.0. The number of methoxy groups -OCH3 is 1. The molecule has 4 heteroatoms. The second-order valence-electron chi connectivity index (χ2n) is 1.91. The van der Waals surface area contributed by atoms with E-state index in [1.807, 2.05) is 0 Å². The Morgan fingerprint density at radius 2 is 2.45 bits per heavy atom. The first-order chi connectivity index (χ1) is 5.27. The van der Waals surface area contributed by atoms with Crippen molar-refractivity contribution < 1.29 is 9.15 Å². The van der Waals surface area contributed by atoms with Gasteiger partial charge in [0.2, 0.25) is 11.2 Å². The highest BCUT2D eigenvalue weighted by Gasteiger charge is 2.00. The quantitative estimate of drug-likeness (QED) is 0.636. The maximum atomic E-state index is 11.0. The Hall–Kier alpha value is -0.960. The summed E-state index contributed by atoms with van der Waals surface area (Å²) >= 11 is 5.42. The minimum Gasteiger partial charge on any atom is -0.490 e. The zero-order valence-electron chi connectivity index (χ0n) is 5.96. The summed E-state index contributed by atoms with van der Waals surface area (Å²) in [6.45, 7) is 0. The Kier molecular flexibility index (Phi) is 2.54. The van der Waals surface area contributed by atoms with Gasteiger partial charge in [-0.25, -0.2) is 0 Å². The average molecular weight is 175 g/mol. The lowest BCUT2D eigenvalue weighted by Gasteiger charge is -1.97. The van der Waals surface area contributed by atoms with Crippen LogP contribution in [-0.4, -0.2) is 7.11 Å². The Morgan fingerprint density at radius 1 is 1.73 bits per heavy atom. The molecule has 0 aliphatic heterocycles. The first-order valence-corrected chi connectivity index (χ1v) is 3.53. The van der Waals surface area contributed by atoms with Gasteiger partial charge in [-0.15, -0.1) is 11.6 Å². The van der Waals surface area contributed by atoms with Crippen LogP contribution in [-0.2, 0) is 5.88 Å². The van der Waals surface area contributed by atoms with E-state index in [0.29, 0.717) is 5.76 Å². The minimum atomic E-state index is -0.214. The largest absolute Gasteiger partial charge is 0.490 e. The molecule has 11 heavy (non-hydrogen) atoms. The summed E-state index contributed by atoms with van der Waals surface area (Å²) in [4.78, 5) is 11.0. The van der Waals surface area contributed by atoms with Crippen LogP contribution in [0.15, 0.2) is 21.5 Å². The zero-order chi connectivity index (χ0) is 8.27. The van der Waals surface area contributed by atoms with Crippen molar-refractivity contribution in [2.24, 2.45) is 0 Å². The van der Waals surface area contributed by atoms with Crippen molar-refractivity contribution in [1.29, 1.82) is 0 Å². The van der Waals surface area contributed by atoms with Gasteiger partial charge in [0.15, 0.2) is 0 Å². The summed E-state index contributed by atoms with van der Waals surface area (Å²) in [5.74, 6) is 0.829. The molecule has 1 rings (SSSR count). The van der Waals surface area contributed by atoms with E-state index in [9.17, 15) is 4.79 Å². The normalized spacial score (nSPS) is 9.64. The summed E-state index contributed by atoms with van der Waals surface area (Å²) in [6, 6.07) is 1.31. The van der Waals surface area contributed by atoms with E-state index in [4.69, 9.17) is 20.8 Å². The molecule has 0 radical (unpaired) electrons. The molecule has 1 aromatic rings. The lowest BCUT2D eigenvalue weighted by Crippen LogP contribution is -2.03. The molecule has 3 nitrogen and oxygen atoms in total. The van der Waals surface area contributed by atoms with Crippen molar-refractivity contribution in [1.82, 2.24) is 0 Å². The minimum absolute atomic E-state index is 0.193. The molecule has 0 aromatic carbocycles. The fourth-order valence-electron chi connectivity index (χ4n) is 0.657. The molecular weight excluding hydrogens is 168 g/mol. The Morgan fingerprint density at radius 3 is 2.91 bits per heavy atom. The van der Waals surface area contributed by atoms with Gasteiger partial charge in [0, 0.05) is 6.07 Å². The van der Waals surface area contributed by atoms with Crippen LogP contribution in [0.25, 0.3) is 0 Å². The topological polar surface area (TPSA) is 39.4 Å². The number of hydrogen-bond donors (Lipinski definition) is 0. The maximum Gasteiger partial charge on any atom is 0.227 e. The standard InChI is InChI=1S/C7H7ClO3/c1-10-7-4-11-5(3-8)2-6(7)9/h2,4H,3H2,1H3. The van der Waals surface area contributed by atoms with Crippen molar-refractivity contribution in [3.63, 3.8) is 0 Å². The van der Waals surface area contributed by atoms with E-state index in [-0.39, 0.29) is 17.1 Å². The second kappa shape index (κ2) is 3.44. The van der Waals surface area contributed by atoms with Gasteiger partial charge in [-0.05, 0) is 0 Å². The fourth-order valence-corrected chi connectivity index (χ4v) is 0.798. The summed E-state index contributed by atoms with van der Waals surface area (Å²) < 4.78 is 9.62. The van der Waals surface area contributed by atoms with Crippen LogP contribution >= 0.6 is 11.6 Å². The molecule has 0 spiro atoms.